The molecule has 0 radical (unpaired) electrons. The van der Waals surface area contributed by atoms with Gasteiger partial charge in [-0.1, -0.05) is 344 Å². The van der Waals surface area contributed by atoms with Gasteiger partial charge in [-0.3, -0.25) is 37.3 Å². The third kappa shape index (κ3) is 70.9. The van der Waals surface area contributed by atoms with Crippen molar-refractivity contribution >= 4 is 39.5 Å². The number of rotatable bonds is 75. The number of aliphatic hydroxyl groups is 1. The van der Waals surface area contributed by atoms with E-state index < -0.39 is 97.5 Å². The van der Waals surface area contributed by atoms with Gasteiger partial charge in [0.2, 0.25) is 0 Å². The Morgan fingerprint density at radius 2 is 0.495 bits per heavy atom. The van der Waals surface area contributed by atoms with Gasteiger partial charge in [0.15, 0.2) is 12.2 Å². The average Bonchev–Trinajstić information content (AvgIpc) is 1.28. The molecule has 3 unspecified atom stereocenters. The molecule has 0 aromatic carbocycles. The number of unbranched alkanes of at least 4 members (excludes halogenated alkanes) is 40. The van der Waals surface area contributed by atoms with Crippen LogP contribution in [0.3, 0.4) is 0 Å². The van der Waals surface area contributed by atoms with Crippen molar-refractivity contribution in [3.05, 3.63) is 0 Å². The predicted octanol–water partition coefficient (Wildman–Crippen LogP) is 22.8. The summed E-state index contributed by atoms with van der Waals surface area (Å²) in [6.45, 7) is 14.2. The Hall–Kier alpha value is -1.94. The third-order valence-electron chi connectivity index (χ3n) is 18.4. The maximum Gasteiger partial charge on any atom is 0.472 e. The van der Waals surface area contributed by atoms with Crippen molar-refractivity contribution in [1.29, 1.82) is 0 Å². The van der Waals surface area contributed by atoms with Gasteiger partial charge in [-0.2, -0.15) is 0 Å². The molecule has 17 nitrogen and oxygen atoms in total. The number of ether oxygens (including phenoxy) is 4. The van der Waals surface area contributed by atoms with Crippen LogP contribution in [0.2, 0.25) is 0 Å². The fourth-order valence-electron chi connectivity index (χ4n) is 11.9. The van der Waals surface area contributed by atoms with Crippen molar-refractivity contribution in [1.82, 2.24) is 0 Å². The van der Waals surface area contributed by atoms with Crippen molar-refractivity contribution in [3.8, 4) is 0 Å². The van der Waals surface area contributed by atoms with E-state index in [0.29, 0.717) is 31.6 Å². The molecule has 97 heavy (non-hydrogen) atoms. The molecule has 0 fully saturated rings. The first-order valence-corrected chi connectivity index (χ1v) is 43.2. The van der Waals surface area contributed by atoms with E-state index in [4.69, 9.17) is 37.0 Å². The van der Waals surface area contributed by atoms with E-state index in [-0.39, 0.29) is 25.7 Å². The second kappa shape index (κ2) is 67.2. The van der Waals surface area contributed by atoms with Crippen LogP contribution in [0.15, 0.2) is 0 Å². The highest BCUT2D eigenvalue weighted by Crippen LogP contribution is 2.45. The molecule has 0 heterocycles. The molecule has 6 atom stereocenters. The molecule has 576 valence electrons. The fraction of sp³-hybridized carbons (Fsp3) is 0.949. The lowest BCUT2D eigenvalue weighted by Gasteiger charge is -2.21. The number of esters is 4. The third-order valence-corrected chi connectivity index (χ3v) is 20.3. The minimum Gasteiger partial charge on any atom is -0.462 e. The lowest BCUT2D eigenvalue weighted by Crippen LogP contribution is -2.30. The van der Waals surface area contributed by atoms with E-state index in [1.807, 2.05) is 0 Å². The van der Waals surface area contributed by atoms with Gasteiger partial charge in [-0.05, 0) is 49.4 Å². The summed E-state index contributed by atoms with van der Waals surface area (Å²) in [6.07, 6.45) is 53.0. The van der Waals surface area contributed by atoms with Crippen molar-refractivity contribution in [2.24, 2.45) is 23.7 Å². The van der Waals surface area contributed by atoms with E-state index >= 15 is 0 Å². The number of hydrogen-bond donors (Lipinski definition) is 3. The van der Waals surface area contributed by atoms with E-state index in [0.717, 1.165) is 114 Å². The zero-order valence-corrected chi connectivity index (χ0v) is 65.5. The fourth-order valence-corrected chi connectivity index (χ4v) is 13.5. The van der Waals surface area contributed by atoms with Gasteiger partial charge in [0.25, 0.3) is 0 Å². The Kier molecular flexibility index (Phi) is 65.9. The maximum absolute atomic E-state index is 13.1. The lowest BCUT2D eigenvalue weighted by atomic mass is 9.99. The summed E-state index contributed by atoms with van der Waals surface area (Å²) >= 11 is 0. The summed E-state index contributed by atoms with van der Waals surface area (Å²) in [5.41, 5.74) is 0. The molecule has 0 aliphatic rings. The number of phosphoric acid groups is 2. The van der Waals surface area contributed by atoms with Crippen LogP contribution in [0.1, 0.15) is 396 Å². The molecule has 19 heteroatoms. The lowest BCUT2D eigenvalue weighted by molar-refractivity contribution is -0.161. The van der Waals surface area contributed by atoms with E-state index in [2.05, 4.69) is 55.4 Å². The molecule has 0 aliphatic carbocycles. The molecular formula is C78H152O17P2. The topological polar surface area (TPSA) is 237 Å². The van der Waals surface area contributed by atoms with Crippen molar-refractivity contribution in [3.63, 3.8) is 0 Å². The number of carbonyl (C=O) groups excluding carboxylic acids is 4. The van der Waals surface area contributed by atoms with Crippen molar-refractivity contribution < 1.29 is 80.2 Å². The van der Waals surface area contributed by atoms with Gasteiger partial charge in [0.05, 0.1) is 26.4 Å². The van der Waals surface area contributed by atoms with Crippen LogP contribution in [0.4, 0.5) is 0 Å². The maximum atomic E-state index is 13.1. The Bertz CT molecular complexity index is 1900. The van der Waals surface area contributed by atoms with E-state index in [1.165, 1.54) is 193 Å². The highest BCUT2D eigenvalue weighted by molar-refractivity contribution is 7.47. The standard InChI is InChI=1S/C78H152O17P2/c1-9-71(8)57-49-41-32-26-20-16-14-12-10-11-13-15-17-21-28-34-44-52-60-77(82)95-74(65-89-76(81)59-51-43-37-36-40-48-56-70(6)7)67-93-97(86,87)91-63-72(79)62-90-96(84,85)92-66-73(94-78(83)61-53-45-35-29-23-25-31-39-47-55-69(4)5)64-88-75(80)58-50-42-33-27-22-18-19-24-30-38-46-54-68(2)3/h68-74,79H,9-67H2,1-8H3,(H,84,85)(H,86,87)/t71?,72-,73-,74-/m1/s1. The second-order valence-electron chi connectivity index (χ2n) is 29.8. The van der Waals surface area contributed by atoms with Crippen LogP contribution in [-0.2, 0) is 65.4 Å². The van der Waals surface area contributed by atoms with Gasteiger partial charge in [-0.25, -0.2) is 9.13 Å². The zero-order valence-electron chi connectivity index (χ0n) is 63.7. The molecule has 0 rings (SSSR count). The van der Waals surface area contributed by atoms with Gasteiger partial charge < -0.3 is 33.8 Å². The number of carbonyl (C=O) groups is 4. The summed E-state index contributed by atoms with van der Waals surface area (Å²) in [6, 6.07) is 0. The highest BCUT2D eigenvalue weighted by Gasteiger charge is 2.30. The van der Waals surface area contributed by atoms with Gasteiger partial charge >= 0.3 is 39.5 Å². The van der Waals surface area contributed by atoms with Crippen LogP contribution in [0, 0.1) is 23.7 Å². The first-order valence-electron chi connectivity index (χ1n) is 40.2. The normalized spacial score (nSPS) is 14.4. The first kappa shape index (κ1) is 95.1. The Balaban J connectivity index is 5.16. The van der Waals surface area contributed by atoms with Crippen LogP contribution >= 0.6 is 15.6 Å². The van der Waals surface area contributed by atoms with Crippen molar-refractivity contribution in [2.75, 3.05) is 39.6 Å². The molecule has 0 bridgehead atoms. The summed E-state index contributed by atoms with van der Waals surface area (Å²) in [5, 5.41) is 10.6. The summed E-state index contributed by atoms with van der Waals surface area (Å²) in [7, 11) is -9.91. The Morgan fingerprint density at radius 3 is 0.732 bits per heavy atom. The average molecular weight is 1420 g/mol. The van der Waals surface area contributed by atoms with Crippen LogP contribution in [0.5, 0.6) is 0 Å². The Labute approximate surface area is 594 Å². The largest absolute Gasteiger partial charge is 0.472 e. The van der Waals surface area contributed by atoms with Gasteiger partial charge in [-0.15, -0.1) is 0 Å². The molecule has 3 N–H and O–H groups in total. The molecule has 0 aliphatic heterocycles. The zero-order chi connectivity index (χ0) is 71.7. The number of phosphoric ester groups is 2. The molecule has 0 aromatic rings. The predicted molar refractivity (Wildman–Crippen MR) is 395 cm³/mol. The second-order valence-corrected chi connectivity index (χ2v) is 32.7. The van der Waals surface area contributed by atoms with Gasteiger partial charge in [0.1, 0.15) is 19.3 Å². The minimum atomic E-state index is -4.96. The van der Waals surface area contributed by atoms with Crippen LogP contribution in [0.25, 0.3) is 0 Å². The molecule has 0 spiro atoms. The Morgan fingerprint density at radius 1 is 0.289 bits per heavy atom. The molecule has 0 amide bonds. The molecule has 0 saturated heterocycles. The van der Waals surface area contributed by atoms with Crippen LogP contribution in [-0.4, -0.2) is 96.7 Å². The quantitative estimate of drug-likeness (QED) is 0.0222. The van der Waals surface area contributed by atoms with E-state index in [9.17, 15) is 43.2 Å². The molecule has 0 aromatic heterocycles. The van der Waals surface area contributed by atoms with Crippen molar-refractivity contribution in [2.45, 2.75) is 414 Å². The monoisotopic (exact) mass is 1420 g/mol. The minimum absolute atomic E-state index is 0.105. The smallest absolute Gasteiger partial charge is 0.462 e. The summed E-state index contributed by atoms with van der Waals surface area (Å²) in [5.74, 6) is 0.936. The summed E-state index contributed by atoms with van der Waals surface area (Å²) < 4.78 is 68.5. The first-order chi connectivity index (χ1) is 46.6. The number of aliphatic hydroxyl groups excluding tert-OH is 1. The van der Waals surface area contributed by atoms with E-state index in [1.54, 1.807) is 0 Å². The van der Waals surface area contributed by atoms with Crippen LogP contribution < -0.4 is 0 Å². The molecule has 0 saturated carbocycles. The van der Waals surface area contributed by atoms with Gasteiger partial charge in [0, 0.05) is 25.7 Å². The highest BCUT2D eigenvalue weighted by atomic mass is 31.2. The summed E-state index contributed by atoms with van der Waals surface area (Å²) in [4.78, 5) is 72.8. The number of hydrogen-bond acceptors (Lipinski definition) is 15. The SMILES string of the molecule is CCC(C)CCCCCCCCCCCCCCCCCCCCC(=O)O[C@H](COC(=O)CCCCCCCCC(C)C)COP(=O)(O)OC[C@H](O)COP(=O)(O)OC[C@@H](COC(=O)CCCCCCCCCCCCCC(C)C)OC(=O)CCCCCCCCCCCC(C)C. The molecular weight excluding hydrogens is 1270 g/mol.